The first-order valence-electron chi connectivity index (χ1n) is 10.5. The van der Waals surface area contributed by atoms with E-state index in [9.17, 15) is 4.79 Å². The Morgan fingerprint density at radius 2 is 1.85 bits per heavy atom. The van der Waals surface area contributed by atoms with E-state index in [0.717, 1.165) is 49.8 Å². The molecule has 1 aromatic carbocycles. The summed E-state index contributed by atoms with van der Waals surface area (Å²) in [4.78, 5) is 17.1. The van der Waals surface area contributed by atoms with Crippen LogP contribution in [0.1, 0.15) is 56.9 Å². The summed E-state index contributed by atoms with van der Waals surface area (Å²) in [5.74, 6) is 1.03. The fourth-order valence-electron chi connectivity index (χ4n) is 4.29. The molecule has 0 spiro atoms. The zero-order chi connectivity index (χ0) is 18.4. The second-order valence-corrected chi connectivity index (χ2v) is 8.23. The highest BCUT2D eigenvalue weighted by molar-refractivity contribution is 5.91. The summed E-state index contributed by atoms with van der Waals surface area (Å²) in [6.45, 7) is 6.46. The molecule has 1 amide bonds. The second-order valence-electron chi connectivity index (χ2n) is 8.23. The van der Waals surface area contributed by atoms with Gasteiger partial charge in [-0.2, -0.15) is 0 Å². The minimum absolute atomic E-state index is 0.163. The predicted molar refractivity (Wildman–Crippen MR) is 110 cm³/mol. The van der Waals surface area contributed by atoms with E-state index >= 15 is 0 Å². The van der Waals surface area contributed by atoms with Crippen molar-refractivity contribution < 1.29 is 4.79 Å². The van der Waals surface area contributed by atoms with Crippen molar-refractivity contribution in [1.82, 2.24) is 4.90 Å². The van der Waals surface area contributed by atoms with Gasteiger partial charge < -0.3 is 15.1 Å². The topological polar surface area (TPSA) is 35.6 Å². The molecule has 0 unspecified atom stereocenters. The highest BCUT2D eigenvalue weighted by atomic mass is 16.1. The zero-order valence-electron chi connectivity index (χ0n) is 16.6. The molecule has 1 heterocycles. The smallest absolute Gasteiger partial charge is 0.224 e. The lowest BCUT2D eigenvalue weighted by atomic mass is 9.86. The first-order chi connectivity index (χ1) is 12.6. The summed E-state index contributed by atoms with van der Waals surface area (Å²) < 4.78 is 0. The highest BCUT2D eigenvalue weighted by Crippen LogP contribution is 2.28. The van der Waals surface area contributed by atoms with Gasteiger partial charge in [-0.1, -0.05) is 32.1 Å². The molecule has 2 aliphatic rings. The zero-order valence-corrected chi connectivity index (χ0v) is 16.6. The SMILES string of the molecule is Cc1cc(N2CCN(C)CC2)ccc1NC(=O)CCCC1CCCCC1. The number of rotatable bonds is 6. The van der Waals surface area contributed by atoms with Gasteiger partial charge in [0.2, 0.25) is 5.91 Å². The maximum Gasteiger partial charge on any atom is 0.224 e. The molecule has 4 heteroatoms. The minimum atomic E-state index is 0.163. The highest BCUT2D eigenvalue weighted by Gasteiger charge is 2.16. The lowest BCUT2D eigenvalue weighted by Crippen LogP contribution is -2.44. The molecule has 3 rings (SSSR count). The molecule has 0 aromatic heterocycles. The van der Waals surface area contributed by atoms with Crippen LogP contribution in [0.5, 0.6) is 0 Å². The Kier molecular flexibility index (Phi) is 6.95. The molecular formula is C22H35N3O. The average molecular weight is 358 g/mol. The number of benzene rings is 1. The molecular weight excluding hydrogens is 322 g/mol. The molecule has 1 N–H and O–H groups in total. The molecule has 1 aliphatic heterocycles. The average Bonchev–Trinajstić information content (AvgIpc) is 2.65. The minimum Gasteiger partial charge on any atom is -0.369 e. The number of hydrogen-bond donors (Lipinski definition) is 1. The number of nitrogens with one attached hydrogen (secondary N) is 1. The Morgan fingerprint density at radius 3 is 2.54 bits per heavy atom. The summed E-state index contributed by atoms with van der Waals surface area (Å²) in [7, 11) is 2.18. The van der Waals surface area contributed by atoms with Crippen molar-refractivity contribution in [3.05, 3.63) is 23.8 Å². The van der Waals surface area contributed by atoms with Crippen LogP contribution in [0.4, 0.5) is 11.4 Å². The molecule has 1 aliphatic carbocycles. The number of anilines is 2. The largest absolute Gasteiger partial charge is 0.369 e. The van der Waals surface area contributed by atoms with Gasteiger partial charge in [0, 0.05) is 44.0 Å². The number of piperazine rings is 1. The molecule has 1 saturated heterocycles. The Labute approximate surface area is 158 Å². The lowest BCUT2D eigenvalue weighted by Gasteiger charge is -2.34. The lowest BCUT2D eigenvalue weighted by molar-refractivity contribution is -0.116. The van der Waals surface area contributed by atoms with E-state index in [1.54, 1.807) is 0 Å². The number of carbonyl (C=O) groups is 1. The van der Waals surface area contributed by atoms with Crippen LogP contribution in [0.15, 0.2) is 18.2 Å². The third kappa shape index (κ3) is 5.47. The van der Waals surface area contributed by atoms with Crippen molar-refractivity contribution in [1.29, 1.82) is 0 Å². The number of hydrogen-bond acceptors (Lipinski definition) is 3. The molecule has 0 radical (unpaired) electrons. The van der Waals surface area contributed by atoms with Crippen LogP contribution in [0.2, 0.25) is 0 Å². The van der Waals surface area contributed by atoms with E-state index in [4.69, 9.17) is 0 Å². The third-order valence-corrected chi connectivity index (χ3v) is 6.09. The van der Waals surface area contributed by atoms with Gasteiger partial charge in [-0.15, -0.1) is 0 Å². The molecule has 0 bridgehead atoms. The van der Waals surface area contributed by atoms with E-state index in [1.165, 1.54) is 44.2 Å². The summed E-state index contributed by atoms with van der Waals surface area (Å²) in [6.07, 6.45) is 9.80. The van der Waals surface area contributed by atoms with Crippen LogP contribution in [-0.4, -0.2) is 44.0 Å². The van der Waals surface area contributed by atoms with Crippen LogP contribution in [0, 0.1) is 12.8 Å². The summed E-state index contributed by atoms with van der Waals surface area (Å²) in [6, 6.07) is 6.43. The number of aryl methyl sites for hydroxylation is 1. The van der Waals surface area contributed by atoms with Gasteiger partial charge in [-0.25, -0.2) is 0 Å². The van der Waals surface area contributed by atoms with Gasteiger partial charge in [-0.3, -0.25) is 4.79 Å². The van der Waals surface area contributed by atoms with Gasteiger partial charge in [0.1, 0.15) is 0 Å². The predicted octanol–water partition coefficient (Wildman–Crippen LogP) is 4.44. The summed E-state index contributed by atoms with van der Waals surface area (Å²) in [5.41, 5.74) is 3.39. The molecule has 1 saturated carbocycles. The van der Waals surface area contributed by atoms with E-state index < -0.39 is 0 Å². The normalized spacial score (nSPS) is 19.5. The van der Waals surface area contributed by atoms with Crippen molar-refractivity contribution in [2.45, 2.75) is 58.3 Å². The van der Waals surface area contributed by atoms with Crippen molar-refractivity contribution in [2.24, 2.45) is 5.92 Å². The molecule has 0 atom stereocenters. The van der Waals surface area contributed by atoms with Crippen LogP contribution in [0.3, 0.4) is 0 Å². The molecule has 4 nitrogen and oxygen atoms in total. The molecule has 1 aromatic rings. The van der Waals surface area contributed by atoms with Gasteiger partial charge >= 0.3 is 0 Å². The number of amides is 1. The number of nitrogens with zero attached hydrogens (tertiary/aromatic N) is 2. The Hall–Kier alpha value is -1.55. The van der Waals surface area contributed by atoms with Crippen molar-refractivity contribution in [3.8, 4) is 0 Å². The first kappa shape index (κ1) is 19.2. The van der Waals surface area contributed by atoms with Gasteiger partial charge in [0.15, 0.2) is 0 Å². The monoisotopic (exact) mass is 357 g/mol. The van der Waals surface area contributed by atoms with Gasteiger partial charge in [0.05, 0.1) is 0 Å². The van der Waals surface area contributed by atoms with Crippen molar-refractivity contribution in [2.75, 3.05) is 43.4 Å². The Morgan fingerprint density at radius 1 is 1.12 bits per heavy atom. The first-order valence-corrected chi connectivity index (χ1v) is 10.5. The quantitative estimate of drug-likeness (QED) is 0.818. The molecule has 144 valence electrons. The van der Waals surface area contributed by atoms with Gasteiger partial charge in [0.25, 0.3) is 0 Å². The van der Waals surface area contributed by atoms with E-state index in [-0.39, 0.29) is 5.91 Å². The van der Waals surface area contributed by atoms with Gasteiger partial charge in [-0.05, 0) is 56.5 Å². The van der Waals surface area contributed by atoms with E-state index in [1.807, 2.05) is 0 Å². The summed E-state index contributed by atoms with van der Waals surface area (Å²) in [5, 5.41) is 3.12. The maximum atomic E-state index is 12.3. The third-order valence-electron chi connectivity index (χ3n) is 6.09. The van der Waals surface area contributed by atoms with Crippen LogP contribution < -0.4 is 10.2 Å². The Balaban J connectivity index is 1.45. The number of likely N-dealkylation sites (N-methyl/N-ethyl adjacent to an activating group) is 1. The van der Waals surface area contributed by atoms with Crippen LogP contribution in [-0.2, 0) is 4.79 Å². The molecule has 2 fully saturated rings. The van der Waals surface area contributed by atoms with Crippen LogP contribution in [0.25, 0.3) is 0 Å². The van der Waals surface area contributed by atoms with E-state index in [2.05, 4.69) is 47.3 Å². The van der Waals surface area contributed by atoms with Crippen molar-refractivity contribution in [3.63, 3.8) is 0 Å². The van der Waals surface area contributed by atoms with Crippen molar-refractivity contribution >= 4 is 17.3 Å². The maximum absolute atomic E-state index is 12.3. The fraction of sp³-hybridized carbons (Fsp3) is 0.682. The van der Waals surface area contributed by atoms with Crippen LogP contribution >= 0.6 is 0 Å². The van der Waals surface area contributed by atoms with E-state index in [0.29, 0.717) is 6.42 Å². The summed E-state index contributed by atoms with van der Waals surface area (Å²) >= 11 is 0. The second kappa shape index (κ2) is 9.40. The molecule has 26 heavy (non-hydrogen) atoms. The number of carbonyl (C=O) groups excluding carboxylic acids is 1. The standard InChI is InChI=1S/C22H35N3O/c1-18-17-20(25-15-13-24(2)14-16-25)11-12-21(18)23-22(26)10-6-9-19-7-4-3-5-8-19/h11-12,17,19H,3-10,13-16H2,1-2H3,(H,23,26). The fourth-order valence-corrected chi connectivity index (χ4v) is 4.29. The Bertz CT molecular complexity index is 587.